The Labute approximate surface area is 173 Å². The zero-order valence-corrected chi connectivity index (χ0v) is 16.6. The third-order valence-corrected chi connectivity index (χ3v) is 5.22. The first-order valence-electron chi connectivity index (χ1n) is 9.94. The normalized spacial score (nSPS) is 11.4. The molecule has 0 aliphatic carbocycles. The van der Waals surface area contributed by atoms with Crippen LogP contribution in [-0.2, 0) is 0 Å². The average Bonchev–Trinajstić information content (AvgIpc) is 3.41. The van der Waals surface area contributed by atoms with Gasteiger partial charge in [0, 0.05) is 37.6 Å². The number of fused-ring (bicyclic) bond motifs is 2. The predicted molar refractivity (Wildman–Crippen MR) is 119 cm³/mol. The standard InChI is InChI=1S/C23H22N6O/c1-29(11-4-12-30)16-7-9-18-21(14-16)27-22(25-18)15-6-8-17-20(13-15)28-23(26-17)19-5-2-3-10-24-19/h2-3,5-10,13-14,30H,4,11-12H2,1H3,(H,25,27)(H,26,28). The van der Waals surface area contributed by atoms with E-state index >= 15 is 0 Å². The first kappa shape index (κ1) is 18.3. The predicted octanol–water partition coefficient (Wildman–Crippen LogP) is 3.99. The molecule has 5 rings (SSSR count). The van der Waals surface area contributed by atoms with Crippen molar-refractivity contribution in [3.63, 3.8) is 0 Å². The summed E-state index contributed by atoms with van der Waals surface area (Å²) in [7, 11) is 2.02. The largest absolute Gasteiger partial charge is 0.396 e. The van der Waals surface area contributed by atoms with E-state index in [1.54, 1.807) is 6.20 Å². The number of hydrogen-bond acceptors (Lipinski definition) is 5. The molecule has 3 heterocycles. The van der Waals surface area contributed by atoms with Gasteiger partial charge in [0.05, 0.1) is 22.1 Å². The summed E-state index contributed by atoms with van der Waals surface area (Å²) in [5.41, 5.74) is 6.61. The van der Waals surface area contributed by atoms with Gasteiger partial charge in [0.25, 0.3) is 0 Å². The summed E-state index contributed by atoms with van der Waals surface area (Å²) in [5.74, 6) is 1.56. The third kappa shape index (κ3) is 3.40. The number of benzene rings is 2. The lowest BCUT2D eigenvalue weighted by atomic mass is 10.2. The van der Waals surface area contributed by atoms with Crippen molar-refractivity contribution in [1.82, 2.24) is 24.9 Å². The molecule has 0 amide bonds. The number of nitrogens with one attached hydrogen (secondary N) is 2. The van der Waals surface area contributed by atoms with E-state index in [2.05, 4.69) is 32.0 Å². The van der Waals surface area contributed by atoms with Crippen molar-refractivity contribution < 1.29 is 5.11 Å². The molecular weight excluding hydrogens is 376 g/mol. The molecule has 2 aromatic carbocycles. The first-order valence-corrected chi connectivity index (χ1v) is 9.94. The van der Waals surface area contributed by atoms with E-state index in [0.717, 1.165) is 63.6 Å². The SMILES string of the molecule is CN(CCCO)c1ccc2[nH]c(-c3ccc4[nH]c(-c5ccccn5)nc4c3)nc2c1. The maximum absolute atomic E-state index is 9.05. The van der Waals surface area contributed by atoms with Crippen molar-refractivity contribution in [2.45, 2.75) is 6.42 Å². The summed E-state index contributed by atoms with van der Waals surface area (Å²) >= 11 is 0. The van der Waals surface area contributed by atoms with Crippen molar-refractivity contribution in [2.75, 3.05) is 25.1 Å². The maximum Gasteiger partial charge on any atom is 0.157 e. The number of aromatic nitrogens is 5. The minimum atomic E-state index is 0.191. The van der Waals surface area contributed by atoms with Crippen molar-refractivity contribution in [1.29, 1.82) is 0 Å². The highest BCUT2D eigenvalue weighted by molar-refractivity contribution is 5.86. The number of aromatic amines is 2. The smallest absolute Gasteiger partial charge is 0.157 e. The number of rotatable bonds is 6. The number of pyridine rings is 1. The van der Waals surface area contributed by atoms with Gasteiger partial charge in [-0.25, -0.2) is 9.97 Å². The Hall–Kier alpha value is -3.71. The Bertz CT molecular complexity index is 1310. The first-order chi connectivity index (χ1) is 14.7. The number of imidazole rings is 2. The number of hydrogen-bond donors (Lipinski definition) is 3. The molecule has 7 nitrogen and oxygen atoms in total. The highest BCUT2D eigenvalue weighted by atomic mass is 16.3. The second-order valence-corrected chi connectivity index (χ2v) is 7.32. The molecule has 7 heteroatoms. The van der Waals surface area contributed by atoms with Crippen LogP contribution in [0.5, 0.6) is 0 Å². The maximum atomic E-state index is 9.05. The van der Waals surface area contributed by atoms with E-state index in [1.165, 1.54) is 0 Å². The number of anilines is 1. The molecule has 3 aromatic heterocycles. The number of H-pyrrole nitrogens is 2. The van der Waals surface area contributed by atoms with E-state index < -0.39 is 0 Å². The fourth-order valence-electron chi connectivity index (χ4n) is 3.58. The van der Waals surface area contributed by atoms with Crippen LogP contribution in [0.3, 0.4) is 0 Å². The molecule has 3 N–H and O–H groups in total. The van der Waals surface area contributed by atoms with Gasteiger partial charge < -0.3 is 20.0 Å². The molecule has 0 saturated carbocycles. The second kappa shape index (κ2) is 7.61. The Morgan fingerprint density at radius 1 is 0.900 bits per heavy atom. The molecule has 0 fully saturated rings. The van der Waals surface area contributed by atoms with E-state index in [0.29, 0.717) is 0 Å². The quantitative estimate of drug-likeness (QED) is 0.402. The van der Waals surface area contributed by atoms with E-state index in [1.807, 2.05) is 49.5 Å². The number of aliphatic hydroxyl groups excluding tert-OH is 1. The van der Waals surface area contributed by atoms with Gasteiger partial charge >= 0.3 is 0 Å². The van der Waals surface area contributed by atoms with Crippen molar-refractivity contribution in [3.05, 3.63) is 60.8 Å². The molecule has 0 spiro atoms. The Kier molecular flexibility index (Phi) is 4.65. The van der Waals surface area contributed by atoms with Gasteiger partial charge in [0.1, 0.15) is 11.5 Å². The topological polar surface area (TPSA) is 93.7 Å². The van der Waals surface area contributed by atoms with Crippen LogP contribution in [-0.4, -0.2) is 50.2 Å². The Morgan fingerprint density at radius 3 is 2.47 bits per heavy atom. The van der Waals surface area contributed by atoms with Crippen LogP contribution < -0.4 is 4.90 Å². The lowest BCUT2D eigenvalue weighted by Gasteiger charge is -2.18. The summed E-state index contributed by atoms with van der Waals surface area (Å²) in [4.78, 5) is 22.7. The zero-order chi connectivity index (χ0) is 20.5. The minimum absolute atomic E-state index is 0.191. The van der Waals surface area contributed by atoms with Gasteiger partial charge in [-0.1, -0.05) is 6.07 Å². The summed E-state index contributed by atoms with van der Waals surface area (Å²) in [6, 6.07) is 18.0. The zero-order valence-electron chi connectivity index (χ0n) is 16.6. The summed E-state index contributed by atoms with van der Waals surface area (Å²) in [6.07, 6.45) is 2.50. The molecular formula is C23H22N6O. The van der Waals surface area contributed by atoms with Crippen LogP contribution in [0.1, 0.15) is 6.42 Å². The van der Waals surface area contributed by atoms with Crippen molar-refractivity contribution in [2.24, 2.45) is 0 Å². The third-order valence-electron chi connectivity index (χ3n) is 5.22. The lowest BCUT2D eigenvalue weighted by Crippen LogP contribution is -2.19. The van der Waals surface area contributed by atoms with Gasteiger partial charge in [-0.2, -0.15) is 0 Å². The van der Waals surface area contributed by atoms with Crippen LogP contribution >= 0.6 is 0 Å². The van der Waals surface area contributed by atoms with E-state index in [-0.39, 0.29) is 6.61 Å². The fourth-order valence-corrected chi connectivity index (χ4v) is 3.58. The fraction of sp³-hybridized carbons (Fsp3) is 0.174. The molecule has 0 saturated heterocycles. The highest BCUT2D eigenvalue weighted by Gasteiger charge is 2.11. The molecule has 0 atom stereocenters. The Morgan fingerprint density at radius 2 is 1.67 bits per heavy atom. The molecule has 0 bridgehead atoms. The number of aliphatic hydroxyl groups is 1. The van der Waals surface area contributed by atoms with Crippen LogP contribution in [0.15, 0.2) is 60.8 Å². The molecule has 150 valence electrons. The lowest BCUT2D eigenvalue weighted by molar-refractivity contribution is 0.290. The van der Waals surface area contributed by atoms with E-state index in [9.17, 15) is 0 Å². The van der Waals surface area contributed by atoms with E-state index in [4.69, 9.17) is 15.1 Å². The van der Waals surface area contributed by atoms with Crippen LogP contribution in [0.4, 0.5) is 5.69 Å². The van der Waals surface area contributed by atoms with Gasteiger partial charge in [-0.15, -0.1) is 0 Å². The van der Waals surface area contributed by atoms with Crippen LogP contribution in [0, 0.1) is 0 Å². The van der Waals surface area contributed by atoms with Crippen molar-refractivity contribution in [3.8, 4) is 22.9 Å². The van der Waals surface area contributed by atoms with Gasteiger partial charge in [-0.3, -0.25) is 4.98 Å². The van der Waals surface area contributed by atoms with Crippen LogP contribution in [0.25, 0.3) is 45.0 Å². The van der Waals surface area contributed by atoms with Crippen molar-refractivity contribution >= 4 is 27.8 Å². The monoisotopic (exact) mass is 398 g/mol. The molecule has 30 heavy (non-hydrogen) atoms. The second-order valence-electron chi connectivity index (χ2n) is 7.32. The molecule has 5 aromatic rings. The number of nitrogens with zero attached hydrogens (tertiary/aromatic N) is 4. The van der Waals surface area contributed by atoms with Gasteiger partial charge in [-0.05, 0) is 55.0 Å². The highest BCUT2D eigenvalue weighted by Crippen LogP contribution is 2.27. The molecule has 0 unspecified atom stereocenters. The Balaban J connectivity index is 1.48. The average molecular weight is 398 g/mol. The minimum Gasteiger partial charge on any atom is -0.396 e. The van der Waals surface area contributed by atoms with Gasteiger partial charge in [0.2, 0.25) is 0 Å². The molecule has 0 aliphatic rings. The van der Waals surface area contributed by atoms with Gasteiger partial charge in [0.15, 0.2) is 5.82 Å². The summed E-state index contributed by atoms with van der Waals surface area (Å²) < 4.78 is 0. The summed E-state index contributed by atoms with van der Waals surface area (Å²) in [6.45, 7) is 0.991. The molecule has 0 aliphatic heterocycles. The van der Waals surface area contributed by atoms with Crippen LogP contribution in [0.2, 0.25) is 0 Å². The molecule has 0 radical (unpaired) electrons. The summed E-state index contributed by atoms with van der Waals surface area (Å²) in [5, 5.41) is 9.05.